The second kappa shape index (κ2) is 17.1. The summed E-state index contributed by atoms with van der Waals surface area (Å²) >= 11 is 3.36. The fraction of sp³-hybridized carbons (Fsp3) is 0.0769. The molecule has 0 fully saturated rings. The molecule has 0 N–H and O–H groups in total. The van der Waals surface area contributed by atoms with E-state index in [-0.39, 0.29) is 5.57 Å². The molecule has 8 aromatic rings. The van der Waals surface area contributed by atoms with Crippen molar-refractivity contribution in [1.29, 1.82) is 10.5 Å². The van der Waals surface area contributed by atoms with Gasteiger partial charge in [-0.05, 0) is 145 Å². The Morgan fingerprint density at radius 2 is 0.661 bits per heavy atom. The Bertz CT molecular complexity index is 2700. The average molecular weight is 847 g/mol. The Hall–Kier alpha value is -7.76. The minimum atomic E-state index is 0.105. The van der Waals surface area contributed by atoms with Crippen molar-refractivity contribution >= 4 is 62.4 Å². The summed E-state index contributed by atoms with van der Waals surface area (Å²) in [4.78, 5) is 8.60. The van der Waals surface area contributed by atoms with Crippen LogP contribution in [0.1, 0.15) is 11.1 Å². The van der Waals surface area contributed by atoms with Crippen molar-refractivity contribution in [2.24, 2.45) is 0 Å². The second-order valence-corrected chi connectivity index (χ2v) is 16.3. The summed E-state index contributed by atoms with van der Waals surface area (Å²) in [6.45, 7) is 0. The third-order valence-corrected chi connectivity index (χ3v) is 13.4. The molecule has 0 amide bonds. The maximum atomic E-state index is 10.2. The van der Waals surface area contributed by atoms with Crippen LogP contribution in [0.5, 0.6) is 23.0 Å². The van der Waals surface area contributed by atoms with Gasteiger partial charge >= 0.3 is 0 Å². The van der Waals surface area contributed by atoms with Crippen molar-refractivity contribution in [2.75, 3.05) is 38.2 Å². The fourth-order valence-electron chi connectivity index (χ4n) is 7.70. The summed E-state index contributed by atoms with van der Waals surface area (Å²) in [5.41, 5.74) is 10.6. The van der Waals surface area contributed by atoms with Gasteiger partial charge in [-0.1, -0.05) is 24.3 Å². The van der Waals surface area contributed by atoms with Crippen LogP contribution in [-0.4, -0.2) is 28.4 Å². The third-order valence-electron chi connectivity index (χ3n) is 10.8. The molecule has 9 rings (SSSR count). The van der Waals surface area contributed by atoms with E-state index in [2.05, 4.69) is 82.6 Å². The van der Waals surface area contributed by atoms with E-state index in [1.54, 1.807) is 51.1 Å². The highest BCUT2D eigenvalue weighted by Crippen LogP contribution is 2.56. The normalized spacial score (nSPS) is 11.2. The van der Waals surface area contributed by atoms with Crippen LogP contribution < -0.4 is 28.7 Å². The molecule has 0 saturated carbocycles. The first-order valence-corrected chi connectivity index (χ1v) is 21.3. The lowest BCUT2D eigenvalue weighted by Gasteiger charge is -2.26. The summed E-state index contributed by atoms with van der Waals surface area (Å²) in [7, 11) is 6.65. The number of ether oxygens (including phenoxy) is 4. The highest BCUT2D eigenvalue weighted by Gasteiger charge is 2.32. The average Bonchev–Trinajstić information content (AvgIpc) is 4.04. The number of hydrogen-bond donors (Lipinski definition) is 0. The monoisotopic (exact) mass is 846 g/mol. The zero-order valence-electron chi connectivity index (χ0n) is 34.2. The number of nitriles is 2. The number of rotatable bonds is 12. The summed E-state index contributed by atoms with van der Waals surface area (Å²) < 4.78 is 21.7. The van der Waals surface area contributed by atoms with Gasteiger partial charge in [-0.15, -0.1) is 22.7 Å². The molecule has 0 spiro atoms. The van der Waals surface area contributed by atoms with Crippen LogP contribution in [0, 0.1) is 22.7 Å². The number of fused-ring (bicyclic) bond motifs is 3. The Balaban J connectivity index is 1.05. The molecular weight excluding hydrogens is 809 g/mol. The highest BCUT2D eigenvalue weighted by molar-refractivity contribution is 7.26. The van der Waals surface area contributed by atoms with Crippen molar-refractivity contribution in [2.45, 2.75) is 0 Å². The highest BCUT2D eigenvalue weighted by atomic mass is 32.1. The molecule has 0 atom stereocenters. The van der Waals surface area contributed by atoms with Crippen LogP contribution in [-0.2, 0) is 0 Å². The largest absolute Gasteiger partial charge is 0.497 e. The van der Waals surface area contributed by atoms with Crippen molar-refractivity contribution in [3.05, 3.63) is 174 Å². The number of hydrogen-bond acceptors (Lipinski definition) is 10. The maximum Gasteiger partial charge on any atom is 0.138 e. The molecule has 2 heterocycles. The molecule has 0 aliphatic heterocycles. The Morgan fingerprint density at radius 1 is 0.403 bits per heavy atom. The first-order chi connectivity index (χ1) is 30.4. The Labute approximate surface area is 368 Å². The van der Waals surface area contributed by atoms with Crippen LogP contribution in [0.3, 0.4) is 0 Å². The molecule has 0 saturated heterocycles. The summed E-state index contributed by atoms with van der Waals surface area (Å²) in [6, 6.07) is 57.5. The van der Waals surface area contributed by atoms with Gasteiger partial charge in [0.1, 0.15) is 40.7 Å². The van der Waals surface area contributed by atoms with Crippen molar-refractivity contribution in [3.8, 4) is 65.8 Å². The number of methoxy groups -OCH3 is 4. The summed E-state index contributed by atoms with van der Waals surface area (Å²) in [5.74, 6) is 3.13. The smallest absolute Gasteiger partial charge is 0.138 e. The van der Waals surface area contributed by atoms with E-state index >= 15 is 0 Å². The van der Waals surface area contributed by atoms with Crippen LogP contribution in [0.15, 0.2) is 163 Å². The lowest BCUT2D eigenvalue weighted by Crippen LogP contribution is -2.09. The van der Waals surface area contributed by atoms with Crippen LogP contribution >= 0.6 is 22.7 Å². The molecule has 10 heteroatoms. The minimum absolute atomic E-state index is 0.105. The third kappa shape index (κ3) is 7.39. The molecule has 0 radical (unpaired) electrons. The SMILES string of the molecule is COc1ccc(N(c2ccc(OC)cc2)c2ccc(-c3cc4c(s3)-c3sc(-c5ccc(N(c6ccc(OC)cc6)c6ccc(OC)cc6)cc5)cc3C4=C(C#N)C#N)cc2)cc1. The van der Waals surface area contributed by atoms with Crippen molar-refractivity contribution < 1.29 is 18.9 Å². The van der Waals surface area contributed by atoms with Gasteiger partial charge in [-0.2, -0.15) is 10.5 Å². The second-order valence-electron chi connectivity index (χ2n) is 14.2. The van der Waals surface area contributed by atoms with E-state index in [1.807, 2.05) is 97.1 Å². The standard InChI is InChI=1S/C52H38N4O4S2/c1-57-42-21-13-38(14-22-42)55(39-15-23-43(58-2)24-16-39)36-9-5-33(6-10-36)48-29-46-50(35(31-53)32-54)47-30-49(62-52(47)51(46)61-48)34-7-11-37(12-8-34)56(40-17-25-44(59-3)26-18-40)41-19-27-45(60-4)28-20-41/h5-30H,1-4H3. The van der Waals surface area contributed by atoms with E-state index in [0.29, 0.717) is 5.57 Å². The lowest BCUT2D eigenvalue weighted by molar-refractivity contribution is 0.414. The van der Waals surface area contributed by atoms with E-state index in [0.717, 1.165) is 98.9 Å². The Morgan fingerprint density at radius 3 is 0.903 bits per heavy atom. The predicted molar refractivity (Wildman–Crippen MR) is 251 cm³/mol. The van der Waals surface area contributed by atoms with Crippen molar-refractivity contribution in [3.63, 3.8) is 0 Å². The van der Waals surface area contributed by atoms with E-state index in [4.69, 9.17) is 18.9 Å². The fourth-order valence-corrected chi connectivity index (χ4v) is 10.2. The molecule has 8 nitrogen and oxygen atoms in total. The van der Waals surface area contributed by atoms with E-state index in [9.17, 15) is 10.5 Å². The first kappa shape index (κ1) is 39.7. The molecular formula is C52H38N4O4S2. The molecule has 6 aromatic carbocycles. The molecule has 0 bridgehead atoms. The number of thiophene rings is 2. The van der Waals surface area contributed by atoms with Gasteiger partial charge in [0, 0.05) is 60.6 Å². The lowest BCUT2D eigenvalue weighted by atomic mass is 9.99. The van der Waals surface area contributed by atoms with Gasteiger partial charge in [-0.3, -0.25) is 0 Å². The molecule has 302 valence electrons. The zero-order chi connectivity index (χ0) is 42.7. The van der Waals surface area contributed by atoms with Gasteiger partial charge in [0.15, 0.2) is 0 Å². The number of anilines is 6. The predicted octanol–water partition coefficient (Wildman–Crippen LogP) is 13.9. The Kier molecular flexibility index (Phi) is 10.9. The first-order valence-electron chi connectivity index (χ1n) is 19.6. The van der Waals surface area contributed by atoms with Gasteiger partial charge in [0.25, 0.3) is 0 Å². The van der Waals surface area contributed by atoms with Gasteiger partial charge in [0.05, 0.1) is 38.2 Å². The van der Waals surface area contributed by atoms with Gasteiger partial charge in [-0.25, -0.2) is 0 Å². The number of allylic oxidation sites excluding steroid dienone is 1. The quantitative estimate of drug-likeness (QED) is 0.112. The molecule has 1 aliphatic rings. The number of nitrogens with zero attached hydrogens (tertiary/aromatic N) is 4. The minimum Gasteiger partial charge on any atom is -0.497 e. The van der Waals surface area contributed by atoms with Crippen LogP contribution in [0.4, 0.5) is 34.1 Å². The zero-order valence-corrected chi connectivity index (χ0v) is 35.9. The van der Waals surface area contributed by atoms with Crippen LogP contribution in [0.2, 0.25) is 0 Å². The van der Waals surface area contributed by atoms with Gasteiger partial charge in [0.2, 0.25) is 0 Å². The van der Waals surface area contributed by atoms with E-state index < -0.39 is 0 Å². The number of benzene rings is 6. The molecule has 2 aromatic heterocycles. The maximum absolute atomic E-state index is 10.2. The van der Waals surface area contributed by atoms with Crippen LogP contribution in [0.25, 0.3) is 36.2 Å². The molecule has 0 unspecified atom stereocenters. The summed E-state index contributed by atoms with van der Waals surface area (Å²) in [6.07, 6.45) is 0. The van der Waals surface area contributed by atoms with E-state index in [1.165, 1.54) is 0 Å². The van der Waals surface area contributed by atoms with Gasteiger partial charge < -0.3 is 28.7 Å². The molecule has 1 aliphatic carbocycles. The molecule has 62 heavy (non-hydrogen) atoms. The van der Waals surface area contributed by atoms with Crippen molar-refractivity contribution in [1.82, 2.24) is 0 Å². The summed E-state index contributed by atoms with van der Waals surface area (Å²) in [5, 5.41) is 20.4. The topological polar surface area (TPSA) is 91.0 Å².